The minimum Gasteiger partial charge on any atom is -0.508 e. The first-order chi connectivity index (χ1) is 12.0. The number of nitrogens with zero attached hydrogens (tertiary/aromatic N) is 3. The SMILES string of the molecule is CC1=C(C(N)=O)C(c2cccc(O)c2)n2nc(-c3ccco3)nc2N1. The molecule has 25 heavy (non-hydrogen) atoms. The Kier molecular flexibility index (Phi) is 3.31. The normalized spacial score (nSPS) is 16.4. The molecule has 2 aromatic heterocycles. The lowest BCUT2D eigenvalue weighted by atomic mass is 9.95. The van der Waals surface area contributed by atoms with E-state index in [-0.39, 0.29) is 5.75 Å². The summed E-state index contributed by atoms with van der Waals surface area (Å²) in [6.07, 6.45) is 1.54. The van der Waals surface area contributed by atoms with Gasteiger partial charge in [0, 0.05) is 5.70 Å². The third-order valence-electron chi connectivity index (χ3n) is 4.05. The number of carbonyl (C=O) groups is 1. The van der Waals surface area contributed by atoms with Gasteiger partial charge in [-0.2, -0.15) is 4.98 Å². The molecule has 8 heteroatoms. The van der Waals surface area contributed by atoms with Gasteiger partial charge >= 0.3 is 0 Å². The Morgan fingerprint density at radius 2 is 2.20 bits per heavy atom. The lowest BCUT2D eigenvalue weighted by Gasteiger charge is -2.27. The number of nitrogens with two attached hydrogens (primary N) is 1. The summed E-state index contributed by atoms with van der Waals surface area (Å²) in [4.78, 5) is 16.5. The number of hydrogen-bond donors (Lipinski definition) is 3. The maximum absolute atomic E-state index is 12.1. The molecule has 0 aliphatic carbocycles. The van der Waals surface area contributed by atoms with Crippen LogP contribution in [0.3, 0.4) is 0 Å². The predicted molar refractivity (Wildman–Crippen MR) is 89.5 cm³/mol. The molecule has 0 radical (unpaired) electrons. The first-order valence-electron chi connectivity index (χ1n) is 7.61. The molecule has 0 fully saturated rings. The average molecular weight is 337 g/mol. The van der Waals surface area contributed by atoms with Crippen LogP contribution in [0.1, 0.15) is 18.5 Å². The van der Waals surface area contributed by atoms with E-state index in [2.05, 4.69) is 15.4 Å². The third-order valence-corrected chi connectivity index (χ3v) is 4.05. The second-order valence-electron chi connectivity index (χ2n) is 5.71. The zero-order valence-electron chi connectivity index (χ0n) is 13.3. The molecule has 4 N–H and O–H groups in total. The van der Waals surface area contributed by atoms with Crippen molar-refractivity contribution in [2.75, 3.05) is 5.32 Å². The van der Waals surface area contributed by atoms with Crippen LogP contribution in [0.15, 0.2) is 58.3 Å². The van der Waals surface area contributed by atoms with Crippen molar-refractivity contribution in [2.24, 2.45) is 5.73 Å². The molecule has 4 rings (SSSR count). The zero-order chi connectivity index (χ0) is 17.6. The van der Waals surface area contributed by atoms with Crippen LogP contribution in [0.25, 0.3) is 11.6 Å². The van der Waals surface area contributed by atoms with Crippen molar-refractivity contribution in [3.63, 3.8) is 0 Å². The highest BCUT2D eigenvalue weighted by Gasteiger charge is 2.33. The molecule has 1 aliphatic heterocycles. The molecular formula is C17H15N5O3. The monoisotopic (exact) mass is 337 g/mol. The molecule has 1 unspecified atom stereocenters. The van der Waals surface area contributed by atoms with Crippen LogP contribution < -0.4 is 11.1 Å². The van der Waals surface area contributed by atoms with E-state index in [1.54, 1.807) is 48.0 Å². The van der Waals surface area contributed by atoms with Crippen LogP contribution >= 0.6 is 0 Å². The molecule has 1 amide bonds. The van der Waals surface area contributed by atoms with Crippen LogP contribution in [0, 0.1) is 0 Å². The van der Waals surface area contributed by atoms with E-state index in [1.165, 1.54) is 6.26 Å². The van der Waals surface area contributed by atoms with Gasteiger partial charge in [0.1, 0.15) is 11.8 Å². The number of aromatic nitrogens is 3. The molecule has 3 heterocycles. The van der Waals surface area contributed by atoms with E-state index >= 15 is 0 Å². The molecule has 1 atom stereocenters. The van der Waals surface area contributed by atoms with E-state index in [4.69, 9.17) is 10.2 Å². The number of aromatic hydroxyl groups is 1. The number of phenolic OH excluding ortho intramolecular Hbond substituents is 1. The van der Waals surface area contributed by atoms with E-state index in [9.17, 15) is 9.90 Å². The molecule has 1 aliphatic rings. The van der Waals surface area contributed by atoms with Gasteiger partial charge in [0.05, 0.1) is 11.8 Å². The zero-order valence-corrected chi connectivity index (χ0v) is 13.3. The number of anilines is 1. The van der Waals surface area contributed by atoms with E-state index in [0.29, 0.717) is 34.4 Å². The maximum atomic E-state index is 12.1. The first kappa shape index (κ1) is 15.0. The summed E-state index contributed by atoms with van der Waals surface area (Å²) in [5.41, 5.74) is 7.22. The quantitative estimate of drug-likeness (QED) is 0.672. The second kappa shape index (κ2) is 5.52. The number of furan rings is 1. The van der Waals surface area contributed by atoms with E-state index < -0.39 is 11.9 Å². The van der Waals surface area contributed by atoms with E-state index in [0.717, 1.165) is 0 Å². The molecule has 126 valence electrons. The van der Waals surface area contributed by atoms with Gasteiger partial charge in [-0.15, -0.1) is 5.10 Å². The lowest BCUT2D eigenvalue weighted by molar-refractivity contribution is -0.115. The van der Waals surface area contributed by atoms with Crippen molar-refractivity contribution in [1.29, 1.82) is 0 Å². The number of allylic oxidation sites excluding steroid dienone is 1. The Labute approximate surface area is 142 Å². The van der Waals surface area contributed by atoms with Crippen molar-refractivity contribution in [1.82, 2.24) is 14.8 Å². The van der Waals surface area contributed by atoms with Gasteiger partial charge in [-0.05, 0) is 36.8 Å². The molecule has 0 spiro atoms. The van der Waals surface area contributed by atoms with Gasteiger partial charge in [0.15, 0.2) is 5.76 Å². The van der Waals surface area contributed by atoms with Crippen LogP contribution in [0.4, 0.5) is 5.95 Å². The fourth-order valence-electron chi connectivity index (χ4n) is 2.98. The fraction of sp³-hybridized carbons (Fsp3) is 0.118. The molecule has 1 aromatic carbocycles. The molecular weight excluding hydrogens is 322 g/mol. The molecule has 0 saturated carbocycles. The Bertz CT molecular complexity index is 988. The Balaban J connectivity index is 1.91. The molecule has 0 saturated heterocycles. The second-order valence-corrected chi connectivity index (χ2v) is 5.71. The number of primary amides is 1. The van der Waals surface area contributed by atoms with Gasteiger partial charge in [-0.3, -0.25) is 4.79 Å². The van der Waals surface area contributed by atoms with Crippen LogP contribution in [0.5, 0.6) is 5.75 Å². The minimum absolute atomic E-state index is 0.0884. The molecule has 0 bridgehead atoms. The summed E-state index contributed by atoms with van der Waals surface area (Å²) in [5.74, 6) is 0.875. The first-order valence-corrected chi connectivity index (χ1v) is 7.61. The van der Waals surface area contributed by atoms with Gasteiger partial charge in [-0.1, -0.05) is 12.1 Å². The number of fused-ring (bicyclic) bond motifs is 1. The number of hydrogen-bond acceptors (Lipinski definition) is 6. The van der Waals surface area contributed by atoms with Gasteiger partial charge in [0.2, 0.25) is 17.7 Å². The van der Waals surface area contributed by atoms with Crippen LogP contribution in [-0.4, -0.2) is 25.8 Å². The number of nitrogens with one attached hydrogen (secondary N) is 1. The summed E-state index contributed by atoms with van der Waals surface area (Å²) in [5, 5.41) is 17.4. The Morgan fingerprint density at radius 1 is 1.36 bits per heavy atom. The highest BCUT2D eigenvalue weighted by Crippen LogP contribution is 2.36. The molecule has 3 aromatic rings. The number of rotatable bonds is 3. The summed E-state index contributed by atoms with van der Waals surface area (Å²) < 4.78 is 6.92. The number of benzene rings is 1. The summed E-state index contributed by atoms with van der Waals surface area (Å²) >= 11 is 0. The summed E-state index contributed by atoms with van der Waals surface area (Å²) in [6.45, 7) is 1.75. The maximum Gasteiger partial charge on any atom is 0.248 e. The van der Waals surface area contributed by atoms with E-state index in [1.807, 2.05) is 0 Å². The van der Waals surface area contributed by atoms with Crippen molar-refractivity contribution < 1.29 is 14.3 Å². The average Bonchev–Trinajstić information content (AvgIpc) is 3.22. The fourth-order valence-corrected chi connectivity index (χ4v) is 2.98. The summed E-state index contributed by atoms with van der Waals surface area (Å²) in [7, 11) is 0. The number of phenols is 1. The standard InChI is InChI=1S/C17H15N5O3/c1-9-13(15(18)24)14(10-4-2-5-11(23)8-10)22-17(19-9)20-16(21-22)12-6-3-7-25-12/h2-8,14,23H,1H3,(H2,18,24)(H,19,20,21). The van der Waals surface area contributed by atoms with Crippen molar-refractivity contribution in [3.05, 3.63) is 59.5 Å². The van der Waals surface area contributed by atoms with Gasteiger partial charge in [0.25, 0.3) is 0 Å². The number of carbonyl (C=O) groups excluding carboxylic acids is 1. The minimum atomic E-state index is -0.600. The largest absolute Gasteiger partial charge is 0.508 e. The Hall–Kier alpha value is -3.55. The van der Waals surface area contributed by atoms with Crippen molar-refractivity contribution in [2.45, 2.75) is 13.0 Å². The number of amides is 1. The predicted octanol–water partition coefficient (Wildman–Crippen LogP) is 2.02. The van der Waals surface area contributed by atoms with Crippen LogP contribution in [-0.2, 0) is 4.79 Å². The van der Waals surface area contributed by atoms with Crippen molar-refractivity contribution in [3.8, 4) is 17.3 Å². The lowest BCUT2D eigenvalue weighted by Crippen LogP contribution is -2.31. The smallest absolute Gasteiger partial charge is 0.248 e. The van der Waals surface area contributed by atoms with Crippen LogP contribution in [0.2, 0.25) is 0 Å². The molecule has 8 nitrogen and oxygen atoms in total. The van der Waals surface area contributed by atoms with Crippen molar-refractivity contribution >= 4 is 11.9 Å². The summed E-state index contributed by atoms with van der Waals surface area (Å²) in [6, 6.07) is 9.52. The van der Waals surface area contributed by atoms with Gasteiger partial charge < -0.3 is 20.6 Å². The third kappa shape index (κ3) is 2.44. The topological polar surface area (TPSA) is 119 Å². The highest BCUT2D eigenvalue weighted by atomic mass is 16.3. The van der Waals surface area contributed by atoms with Gasteiger partial charge in [-0.25, -0.2) is 4.68 Å². The Morgan fingerprint density at radius 3 is 2.88 bits per heavy atom. The highest BCUT2D eigenvalue weighted by molar-refractivity contribution is 5.95.